The summed E-state index contributed by atoms with van der Waals surface area (Å²) in [7, 11) is 3.81. The van der Waals surface area contributed by atoms with Crippen LogP contribution in [-0.2, 0) is 6.54 Å². The summed E-state index contributed by atoms with van der Waals surface area (Å²) in [6, 6.07) is 10.5. The fourth-order valence-electron chi connectivity index (χ4n) is 2.45. The highest BCUT2D eigenvalue weighted by atomic mass is 16.5. The van der Waals surface area contributed by atoms with Gasteiger partial charge in [0.1, 0.15) is 5.75 Å². The van der Waals surface area contributed by atoms with Crippen molar-refractivity contribution in [3.8, 4) is 11.8 Å². The molecule has 0 heterocycles. The van der Waals surface area contributed by atoms with E-state index >= 15 is 0 Å². The van der Waals surface area contributed by atoms with Gasteiger partial charge in [0.05, 0.1) is 13.2 Å². The van der Waals surface area contributed by atoms with Crippen molar-refractivity contribution >= 4 is 0 Å². The second-order valence-electron chi connectivity index (χ2n) is 5.36. The van der Waals surface area contributed by atoms with Gasteiger partial charge in [-0.05, 0) is 43.0 Å². The lowest BCUT2D eigenvalue weighted by atomic mass is 10.0. The number of nitriles is 1. The zero-order valence-corrected chi connectivity index (χ0v) is 11.1. The Morgan fingerprint density at radius 1 is 1.44 bits per heavy atom. The second kappa shape index (κ2) is 5.41. The standard InChI is InChI=1S/C15H20N2O/c1-17(12-15(6-7-15)8-9-16)11-13-4-3-5-14(10-13)18-2/h3-5,10H,6-8,11-12H2,1-2H3. The van der Waals surface area contributed by atoms with Gasteiger partial charge in [0.25, 0.3) is 0 Å². The molecule has 0 aromatic heterocycles. The Balaban J connectivity index is 1.91. The Hall–Kier alpha value is -1.53. The third-order valence-corrected chi connectivity index (χ3v) is 3.60. The fourth-order valence-corrected chi connectivity index (χ4v) is 2.45. The Morgan fingerprint density at radius 3 is 2.83 bits per heavy atom. The van der Waals surface area contributed by atoms with Gasteiger partial charge in [-0.25, -0.2) is 0 Å². The molecule has 1 saturated carbocycles. The first-order valence-corrected chi connectivity index (χ1v) is 6.36. The summed E-state index contributed by atoms with van der Waals surface area (Å²) in [5, 5.41) is 8.83. The zero-order valence-electron chi connectivity index (χ0n) is 11.1. The van der Waals surface area contributed by atoms with Crippen LogP contribution in [0.4, 0.5) is 0 Å². The van der Waals surface area contributed by atoms with Crippen molar-refractivity contribution in [3.05, 3.63) is 29.8 Å². The van der Waals surface area contributed by atoms with Gasteiger partial charge in [-0.1, -0.05) is 12.1 Å². The van der Waals surface area contributed by atoms with Crippen LogP contribution in [0.2, 0.25) is 0 Å². The molecule has 1 fully saturated rings. The maximum Gasteiger partial charge on any atom is 0.119 e. The second-order valence-corrected chi connectivity index (χ2v) is 5.36. The van der Waals surface area contributed by atoms with E-state index in [1.165, 1.54) is 18.4 Å². The summed E-state index contributed by atoms with van der Waals surface area (Å²) in [6.07, 6.45) is 3.08. The fraction of sp³-hybridized carbons (Fsp3) is 0.533. The predicted octanol–water partition coefficient (Wildman–Crippen LogP) is 2.82. The Bertz CT molecular complexity index is 446. The van der Waals surface area contributed by atoms with Gasteiger partial charge < -0.3 is 9.64 Å². The first-order valence-electron chi connectivity index (χ1n) is 6.36. The number of hydrogen-bond donors (Lipinski definition) is 0. The highest BCUT2D eigenvalue weighted by Gasteiger charge is 2.42. The van der Waals surface area contributed by atoms with Crippen LogP contribution >= 0.6 is 0 Å². The molecule has 0 aliphatic heterocycles. The van der Waals surface area contributed by atoms with Crippen molar-refractivity contribution in [2.75, 3.05) is 20.7 Å². The molecule has 0 atom stereocenters. The minimum atomic E-state index is 0.280. The highest BCUT2D eigenvalue weighted by Crippen LogP contribution is 2.49. The van der Waals surface area contributed by atoms with Crippen LogP contribution in [0.25, 0.3) is 0 Å². The molecule has 0 N–H and O–H groups in total. The summed E-state index contributed by atoms with van der Waals surface area (Å²) < 4.78 is 5.23. The van der Waals surface area contributed by atoms with Crippen molar-refractivity contribution in [1.82, 2.24) is 4.90 Å². The molecule has 0 saturated heterocycles. The van der Waals surface area contributed by atoms with Crippen LogP contribution < -0.4 is 4.74 Å². The van der Waals surface area contributed by atoms with Gasteiger partial charge in [-0.15, -0.1) is 0 Å². The largest absolute Gasteiger partial charge is 0.497 e. The zero-order chi connectivity index (χ0) is 13.0. The smallest absolute Gasteiger partial charge is 0.119 e. The molecule has 1 aromatic carbocycles. The van der Waals surface area contributed by atoms with E-state index in [1.807, 2.05) is 12.1 Å². The van der Waals surface area contributed by atoms with Crippen LogP contribution in [-0.4, -0.2) is 25.6 Å². The molecule has 0 bridgehead atoms. The first kappa shape index (κ1) is 12.9. The summed E-state index contributed by atoms with van der Waals surface area (Å²) in [4.78, 5) is 2.30. The minimum Gasteiger partial charge on any atom is -0.497 e. The first-order chi connectivity index (χ1) is 8.67. The molecule has 18 heavy (non-hydrogen) atoms. The van der Waals surface area contributed by atoms with Crippen molar-refractivity contribution < 1.29 is 4.74 Å². The average Bonchev–Trinajstić information content (AvgIpc) is 3.09. The maximum atomic E-state index is 8.83. The van der Waals surface area contributed by atoms with E-state index in [1.54, 1.807) is 7.11 Å². The summed E-state index contributed by atoms with van der Waals surface area (Å²) in [5.74, 6) is 0.902. The van der Waals surface area contributed by atoms with E-state index < -0.39 is 0 Å². The van der Waals surface area contributed by atoms with E-state index in [2.05, 4.69) is 30.1 Å². The van der Waals surface area contributed by atoms with Crippen LogP contribution in [0, 0.1) is 16.7 Å². The lowest BCUT2D eigenvalue weighted by Crippen LogP contribution is -2.26. The van der Waals surface area contributed by atoms with E-state index in [9.17, 15) is 0 Å². The minimum absolute atomic E-state index is 0.280. The number of ether oxygens (including phenoxy) is 1. The van der Waals surface area contributed by atoms with Crippen molar-refractivity contribution in [2.45, 2.75) is 25.8 Å². The Morgan fingerprint density at radius 2 is 2.22 bits per heavy atom. The average molecular weight is 244 g/mol. The lowest BCUT2D eigenvalue weighted by molar-refractivity contribution is 0.257. The van der Waals surface area contributed by atoms with Gasteiger partial charge in [-0.2, -0.15) is 5.26 Å². The molecule has 0 spiro atoms. The van der Waals surface area contributed by atoms with E-state index in [0.717, 1.165) is 18.8 Å². The van der Waals surface area contributed by atoms with Crippen LogP contribution in [0.5, 0.6) is 5.75 Å². The molecular weight excluding hydrogens is 224 g/mol. The Kier molecular flexibility index (Phi) is 3.88. The van der Waals surface area contributed by atoms with Gasteiger partial charge >= 0.3 is 0 Å². The van der Waals surface area contributed by atoms with Gasteiger partial charge in [0.15, 0.2) is 0 Å². The number of rotatable bonds is 6. The normalized spacial score (nSPS) is 16.3. The van der Waals surface area contributed by atoms with Gasteiger partial charge in [0, 0.05) is 19.5 Å². The molecule has 0 radical (unpaired) electrons. The van der Waals surface area contributed by atoms with Crippen molar-refractivity contribution in [2.24, 2.45) is 5.41 Å². The molecule has 1 aliphatic rings. The lowest BCUT2D eigenvalue weighted by Gasteiger charge is -2.22. The number of hydrogen-bond acceptors (Lipinski definition) is 3. The molecule has 0 amide bonds. The van der Waals surface area contributed by atoms with Gasteiger partial charge in [-0.3, -0.25) is 0 Å². The molecule has 2 rings (SSSR count). The molecule has 96 valence electrons. The number of benzene rings is 1. The number of methoxy groups -OCH3 is 1. The molecule has 1 aliphatic carbocycles. The third-order valence-electron chi connectivity index (χ3n) is 3.60. The Labute approximate surface area is 109 Å². The van der Waals surface area contributed by atoms with Crippen molar-refractivity contribution in [1.29, 1.82) is 5.26 Å². The van der Waals surface area contributed by atoms with E-state index in [0.29, 0.717) is 6.42 Å². The number of nitrogens with zero attached hydrogens (tertiary/aromatic N) is 2. The molecule has 1 aromatic rings. The van der Waals surface area contributed by atoms with Gasteiger partial charge in [0.2, 0.25) is 0 Å². The predicted molar refractivity (Wildman–Crippen MR) is 71.2 cm³/mol. The van der Waals surface area contributed by atoms with Crippen LogP contribution in [0.15, 0.2) is 24.3 Å². The maximum absolute atomic E-state index is 8.83. The summed E-state index contributed by atoms with van der Waals surface area (Å²) in [5.41, 5.74) is 1.53. The quantitative estimate of drug-likeness (QED) is 0.772. The molecule has 0 unspecified atom stereocenters. The summed E-state index contributed by atoms with van der Waals surface area (Å²) >= 11 is 0. The molecule has 3 heteroatoms. The highest BCUT2D eigenvalue weighted by molar-refractivity contribution is 5.28. The molecular formula is C15H20N2O. The molecule has 3 nitrogen and oxygen atoms in total. The third kappa shape index (κ3) is 3.24. The van der Waals surface area contributed by atoms with Crippen LogP contribution in [0.3, 0.4) is 0 Å². The van der Waals surface area contributed by atoms with E-state index in [4.69, 9.17) is 10.00 Å². The van der Waals surface area contributed by atoms with Crippen molar-refractivity contribution in [3.63, 3.8) is 0 Å². The summed E-state index contributed by atoms with van der Waals surface area (Å²) in [6.45, 7) is 1.92. The van der Waals surface area contributed by atoms with Crippen LogP contribution in [0.1, 0.15) is 24.8 Å². The monoisotopic (exact) mass is 244 g/mol. The van der Waals surface area contributed by atoms with E-state index in [-0.39, 0.29) is 5.41 Å². The SMILES string of the molecule is COc1cccc(CN(C)CC2(CC#N)CC2)c1. The topological polar surface area (TPSA) is 36.3 Å².